The molecule has 1 amide bonds. The number of rotatable bonds is 2. The van der Waals surface area contributed by atoms with Crippen molar-refractivity contribution in [1.82, 2.24) is 9.97 Å². The zero-order valence-corrected chi connectivity index (χ0v) is 19.2. The molecule has 7 rings (SSSR count). The Morgan fingerprint density at radius 2 is 1.88 bits per heavy atom. The minimum atomic E-state index is -0.543. The van der Waals surface area contributed by atoms with Gasteiger partial charge in [-0.1, -0.05) is 30.3 Å². The van der Waals surface area contributed by atoms with Crippen LogP contribution >= 0.6 is 0 Å². The van der Waals surface area contributed by atoms with Gasteiger partial charge < -0.3 is 10.2 Å². The lowest BCUT2D eigenvalue weighted by molar-refractivity contribution is -0.120. The predicted molar refractivity (Wildman–Crippen MR) is 134 cm³/mol. The zero-order valence-electron chi connectivity index (χ0n) is 19.2. The summed E-state index contributed by atoms with van der Waals surface area (Å²) in [5.41, 5.74) is 7.79. The van der Waals surface area contributed by atoms with Gasteiger partial charge in [0.15, 0.2) is 0 Å². The van der Waals surface area contributed by atoms with E-state index in [0.717, 1.165) is 35.1 Å². The number of hydrogen-bond donors (Lipinski definition) is 1. The molecule has 1 N–H and O–H groups in total. The van der Waals surface area contributed by atoms with Crippen molar-refractivity contribution in [3.05, 3.63) is 94.8 Å². The number of nitrogens with one attached hydrogen (secondary N) is 1. The fourth-order valence-electron chi connectivity index (χ4n) is 6.20. The van der Waals surface area contributed by atoms with Crippen LogP contribution in [0.1, 0.15) is 41.3 Å². The number of carbonyl (C=O) groups is 1. The van der Waals surface area contributed by atoms with Crippen LogP contribution in [0.4, 0.5) is 11.5 Å². The third kappa shape index (κ3) is 2.82. The summed E-state index contributed by atoms with van der Waals surface area (Å²) in [6.07, 6.45) is 5.46. The molecule has 0 radical (unpaired) electrons. The van der Waals surface area contributed by atoms with E-state index >= 15 is 0 Å². The van der Waals surface area contributed by atoms with Crippen LogP contribution in [0.5, 0.6) is 0 Å². The molecule has 168 valence electrons. The second kappa shape index (κ2) is 7.13. The highest BCUT2D eigenvalue weighted by Crippen LogP contribution is 2.47. The summed E-state index contributed by atoms with van der Waals surface area (Å²) in [5.74, 6) is 0.772. The summed E-state index contributed by atoms with van der Waals surface area (Å²) in [7, 11) is 0. The van der Waals surface area contributed by atoms with E-state index < -0.39 is 5.41 Å². The van der Waals surface area contributed by atoms with Gasteiger partial charge in [-0.15, -0.1) is 0 Å². The first-order valence-electron chi connectivity index (χ1n) is 12.1. The molecule has 2 aromatic carbocycles. The van der Waals surface area contributed by atoms with Crippen LogP contribution in [0.2, 0.25) is 0 Å². The number of pyridine rings is 2. The van der Waals surface area contributed by atoms with E-state index in [2.05, 4.69) is 70.7 Å². The normalized spacial score (nSPS) is 22.6. The Balaban J connectivity index is 1.24. The first-order chi connectivity index (χ1) is 16.6. The van der Waals surface area contributed by atoms with Crippen molar-refractivity contribution in [3.63, 3.8) is 0 Å². The van der Waals surface area contributed by atoms with Gasteiger partial charge in [0.25, 0.3) is 0 Å². The molecule has 5 nitrogen and oxygen atoms in total. The summed E-state index contributed by atoms with van der Waals surface area (Å²) < 4.78 is 0. The summed E-state index contributed by atoms with van der Waals surface area (Å²) in [6.45, 7) is 3.11. The number of aryl methyl sites for hydroxylation is 1. The Kier molecular flexibility index (Phi) is 4.14. The molecule has 2 aromatic heterocycles. The minimum Gasteiger partial charge on any atom is -0.363 e. The molecule has 0 bridgehead atoms. The zero-order chi connectivity index (χ0) is 22.9. The number of fused-ring (bicyclic) bond motifs is 5. The van der Waals surface area contributed by atoms with Crippen molar-refractivity contribution >= 4 is 28.3 Å². The molecule has 34 heavy (non-hydrogen) atoms. The lowest BCUT2D eigenvalue weighted by atomic mass is 9.79. The molecule has 4 heterocycles. The van der Waals surface area contributed by atoms with Crippen molar-refractivity contribution in [3.8, 4) is 0 Å². The second-order valence-electron chi connectivity index (χ2n) is 10.0. The average Bonchev–Trinajstić information content (AvgIpc) is 3.36. The maximum absolute atomic E-state index is 13.1. The minimum absolute atomic E-state index is 0.0628. The number of nitrogens with zero attached hydrogens (tertiary/aromatic N) is 3. The molecule has 1 aliphatic carbocycles. The van der Waals surface area contributed by atoms with Crippen molar-refractivity contribution in [1.29, 1.82) is 0 Å². The second-order valence-corrected chi connectivity index (χ2v) is 10.0. The van der Waals surface area contributed by atoms with Crippen LogP contribution in [-0.4, -0.2) is 21.9 Å². The summed E-state index contributed by atoms with van der Waals surface area (Å²) in [6, 6.07) is 22.0. The van der Waals surface area contributed by atoms with E-state index in [1.165, 1.54) is 28.8 Å². The van der Waals surface area contributed by atoms with Gasteiger partial charge in [-0.25, -0.2) is 4.98 Å². The first-order valence-corrected chi connectivity index (χ1v) is 12.1. The van der Waals surface area contributed by atoms with E-state index in [4.69, 9.17) is 4.98 Å². The summed E-state index contributed by atoms with van der Waals surface area (Å²) in [4.78, 5) is 25.0. The quantitative estimate of drug-likeness (QED) is 0.473. The molecule has 0 fully saturated rings. The fraction of sp³-hybridized carbons (Fsp3) is 0.276. The van der Waals surface area contributed by atoms with Crippen LogP contribution in [0.25, 0.3) is 10.9 Å². The van der Waals surface area contributed by atoms with Crippen LogP contribution in [0.15, 0.2) is 66.9 Å². The van der Waals surface area contributed by atoms with E-state index in [0.29, 0.717) is 24.7 Å². The lowest BCUT2D eigenvalue weighted by Crippen LogP contribution is -2.36. The molecule has 2 unspecified atom stereocenters. The molecule has 0 saturated carbocycles. The van der Waals surface area contributed by atoms with E-state index in [-0.39, 0.29) is 5.91 Å². The number of carbonyl (C=O) groups excluding carboxylic acids is 1. The molecule has 1 spiro atoms. The van der Waals surface area contributed by atoms with Gasteiger partial charge >= 0.3 is 0 Å². The fourth-order valence-corrected chi connectivity index (χ4v) is 6.20. The Bertz CT molecular complexity index is 1480. The monoisotopic (exact) mass is 446 g/mol. The topological polar surface area (TPSA) is 58.1 Å². The molecule has 2 aliphatic heterocycles. The lowest BCUT2D eigenvalue weighted by Gasteiger charge is -2.37. The van der Waals surface area contributed by atoms with E-state index in [1.54, 1.807) is 6.20 Å². The van der Waals surface area contributed by atoms with Crippen molar-refractivity contribution < 1.29 is 4.79 Å². The molecule has 2 atom stereocenters. The number of anilines is 2. The number of benzene rings is 2. The maximum Gasteiger partial charge on any atom is 0.237 e. The van der Waals surface area contributed by atoms with Gasteiger partial charge in [0, 0.05) is 28.9 Å². The molecular formula is C29H26N4O. The van der Waals surface area contributed by atoms with Crippen molar-refractivity contribution in [2.24, 2.45) is 0 Å². The average molecular weight is 447 g/mol. The largest absolute Gasteiger partial charge is 0.363 e. The highest BCUT2D eigenvalue weighted by atomic mass is 16.2. The van der Waals surface area contributed by atoms with Crippen LogP contribution in [-0.2, 0) is 36.0 Å². The van der Waals surface area contributed by atoms with Crippen molar-refractivity contribution in [2.45, 2.75) is 50.6 Å². The summed E-state index contributed by atoms with van der Waals surface area (Å²) in [5, 5.41) is 4.14. The smallest absolute Gasteiger partial charge is 0.237 e. The number of hydrogen-bond acceptors (Lipinski definition) is 4. The summed E-state index contributed by atoms with van der Waals surface area (Å²) >= 11 is 0. The van der Waals surface area contributed by atoms with Gasteiger partial charge in [-0.2, -0.15) is 0 Å². The first kappa shape index (κ1) is 19.7. The van der Waals surface area contributed by atoms with E-state index in [9.17, 15) is 4.79 Å². The molecule has 5 heteroatoms. The molecule has 0 saturated heterocycles. The van der Waals surface area contributed by atoms with Crippen LogP contribution < -0.4 is 10.2 Å². The predicted octanol–water partition coefficient (Wildman–Crippen LogP) is 4.96. The Morgan fingerprint density at radius 1 is 1.03 bits per heavy atom. The highest BCUT2D eigenvalue weighted by molar-refractivity contribution is 6.06. The van der Waals surface area contributed by atoms with Gasteiger partial charge in [-0.3, -0.25) is 9.78 Å². The third-order valence-corrected chi connectivity index (χ3v) is 8.04. The van der Waals surface area contributed by atoms with Crippen molar-refractivity contribution in [2.75, 3.05) is 10.2 Å². The molecule has 3 aliphatic rings. The highest BCUT2D eigenvalue weighted by Gasteiger charge is 2.51. The SMILES string of the molecule is CC1CCc2ccccc2N1Cc1ccc2cc3c(cc2n1)CC1(C3)C(=O)Nc2ncccc21. The van der Waals surface area contributed by atoms with Gasteiger partial charge in [0.05, 0.1) is 23.2 Å². The van der Waals surface area contributed by atoms with Crippen LogP contribution in [0, 0.1) is 0 Å². The molecule has 4 aromatic rings. The number of amides is 1. The van der Waals surface area contributed by atoms with Gasteiger partial charge in [0.2, 0.25) is 5.91 Å². The van der Waals surface area contributed by atoms with E-state index in [1.807, 2.05) is 12.1 Å². The third-order valence-electron chi connectivity index (χ3n) is 8.04. The molecular weight excluding hydrogens is 420 g/mol. The number of aromatic nitrogens is 2. The number of para-hydroxylation sites is 1. The van der Waals surface area contributed by atoms with Gasteiger partial charge in [0.1, 0.15) is 5.82 Å². The Labute approximate surface area is 198 Å². The standard InChI is InChI=1S/C29H26N4O/c1-18-8-9-19-5-2-3-7-26(19)33(18)17-23-11-10-20-13-21-15-29(16-22(21)14-25(20)31-23)24-6-4-12-30-27(24)32-28(29)34/h2-7,10-14,18H,8-9,15-17H2,1H3,(H,30,32,34). The Hall–Kier alpha value is -3.73. The van der Waals surface area contributed by atoms with Crippen LogP contribution in [0.3, 0.4) is 0 Å². The van der Waals surface area contributed by atoms with Gasteiger partial charge in [-0.05, 0) is 79.6 Å². The Morgan fingerprint density at radius 3 is 2.79 bits per heavy atom. The maximum atomic E-state index is 13.1.